The van der Waals surface area contributed by atoms with E-state index in [9.17, 15) is 4.79 Å². The Kier molecular flexibility index (Phi) is 5.40. The Labute approximate surface area is 117 Å². The number of nitrogens with one attached hydrogen (secondary N) is 1. The Morgan fingerprint density at radius 1 is 1.32 bits per heavy atom. The summed E-state index contributed by atoms with van der Waals surface area (Å²) < 4.78 is 0. The van der Waals surface area contributed by atoms with Gasteiger partial charge in [-0.1, -0.05) is 13.8 Å². The van der Waals surface area contributed by atoms with Crippen LogP contribution in [-0.2, 0) is 0 Å². The highest BCUT2D eigenvalue weighted by molar-refractivity contribution is 5.96. The van der Waals surface area contributed by atoms with Gasteiger partial charge in [-0.15, -0.1) is 0 Å². The standard InChI is InChI=1S/C16H26N2O/c1-7-17-14-8-9-15(12(4)10-14)16(19)18(6)13(5)11(2)3/h8-11,13,17H,7H2,1-6H3. The molecule has 19 heavy (non-hydrogen) atoms. The average Bonchev–Trinajstić information content (AvgIpc) is 2.36. The van der Waals surface area contributed by atoms with E-state index in [4.69, 9.17) is 0 Å². The minimum Gasteiger partial charge on any atom is -0.385 e. The molecule has 1 amide bonds. The molecule has 0 aliphatic carbocycles. The van der Waals surface area contributed by atoms with Crippen molar-refractivity contribution in [1.82, 2.24) is 4.90 Å². The van der Waals surface area contributed by atoms with Crippen LogP contribution in [0.15, 0.2) is 18.2 Å². The summed E-state index contributed by atoms with van der Waals surface area (Å²) in [6.45, 7) is 11.3. The zero-order chi connectivity index (χ0) is 14.6. The first-order valence-corrected chi connectivity index (χ1v) is 7.00. The maximum atomic E-state index is 12.5. The Hall–Kier alpha value is -1.51. The molecule has 0 aliphatic rings. The fourth-order valence-electron chi connectivity index (χ4n) is 2.04. The zero-order valence-electron chi connectivity index (χ0n) is 12.9. The quantitative estimate of drug-likeness (QED) is 0.880. The minimum absolute atomic E-state index is 0.0988. The van der Waals surface area contributed by atoms with Gasteiger partial charge in [-0.2, -0.15) is 0 Å². The lowest BCUT2D eigenvalue weighted by Gasteiger charge is -2.28. The molecule has 3 nitrogen and oxygen atoms in total. The molecule has 1 atom stereocenters. The molecule has 0 saturated carbocycles. The van der Waals surface area contributed by atoms with Crippen molar-refractivity contribution >= 4 is 11.6 Å². The van der Waals surface area contributed by atoms with Crippen LogP contribution in [0.2, 0.25) is 0 Å². The summed E-state index contributed by atoms with van der Waals surface area (Å²) in [7, 11) is 1.88. The van der Waals surface area contributed by atoms with E-state index in [1.54, 1.807) is 0 Å². The van der Waals surface area contributed by atoms with Gasteiger partial charge < -0.3 is 10.2 Å². The molecule has 1 unspecified atom stereocenters. The second kappa shape index (κ2) is 6.60. The molecular formula is C16H26N2O. The number of carbonyl (C=O) groups excluding carboxylic acids is 1. The number of amides is 1. The fraction of sp³-hybridized carbons (Fsp3) is 0.562. The third kappa shape index (κ3) is 3.72. The van der Waals surface area contributed by atoms with E-state index < -0.39 is 0 Å². The highest BCUT2D eigenvalue weighted by Crippen LogP contribution is 2.19. The first-order chi connectivity index (χ1) is 8.88. The van der Waals surface area contributed by atoms with E-state index in [1.165, 1.54) is 0 Å². The predicted octanol–water partition coefficient (Wildman–Crippen LogP) is 3.54. The van der Waals surface area contributed by atoms with E-state index in [0.29, 0.717) is 5.92 Å². The largest absolute Gasteiger partial charge is 0.385 e. The molecule has 1 aromatic carbocycles. The van der Waals surface area contributed by atoms with Gasteiger partial charge in [-0.05, 0) is 50.5 Å². The number of hydrogen-bond acceptors (Lipinski definition) is 2. The van der Waals surface area contributed by atoms with Crippen LogP contribution in [0.25, 0.3) is 0 Å². The molecule has 0 fully saturated rings. The van der Waals surface area contributed by atoms with Crippen molar-refractivity contribution in [2.45, 2.75) is 40.7 Å². The number of aryl methyl sites for hydroxylation is 1. The molecular weight excluding hydrogens is 236 g/mol. The predicted molar refractivity (Wildman–Crippen MR) is 81.7 cm³/mol. The third-order valence-electron chi connectivity index (χ3n) is 3.73. The van der Waals surface area contributed by atoms with Gasteiger partial charge in [0.1, 0.15) is 0 Å². The summed E-state index contributed by atoms with van der Waals surface area (Å²) in [5, 5.41) is 3.26. The molecule has 0 saturated heterocycles. The van der Waals surface area contributed by atoms with E-state index in [1.807, 2.05) is 37.1 Å². The minimum atomic E-state index is 0.0988. The van der Waals surface area contributed by atoms with Crippen LogP contribution in [-0.4, -0.2) is 30.4 Å². The molecule has 0 aromatic heterocycles. The number of hydrogen-bond donors (Lipinski definition) is 1. The number of anilines is 1. The van der Waals surface area contributed by atoms with Gasteiger partial charge in [0.2, 0.25) is 0 Å². The van der Waals surface area contributed by atoms with Gasteiger partial charge in [0.15, 0.2) is 0 Å². The molecule has 0 aliphatic heterocycles. The van der Waals surface area contributed by atoms with Crippen molar-refractivity contribution in [3.05, 3.63) is 29.3 Å². The van der Waals surface area contributed by atoms with Crippen LogP contribution in [0.4, 0.5) is 5.69 Å². The first-order valence-electron chi connectivity index (χ1n) is 7.00. The van der Waals surface area contributed by atoms with Crippen LogP contribution in [0.5, 0.6) is 0 Å². The summed E-state index contributed by atoms with van der Waals surface area (Å²) in [5.74, 6) is 0.553. The van der Waals surface area contributed by atoms with Gasteiger partial charge in [0.25, 0.3) is 5.91 Å². The SMILES string of the molecule is CCNc1ccc(C(=O)N(C)C(C)C(C)C)c(C)c1. The molecule has 3 heteroatoms. The molecule has 1 N–H and O–H groups in total. The normalized spacial score (nSPS) is 12.4. The van der Waals surface area contributed by atoms with Gasteiger partial charge in [-0.3, -0.25) is 4.79 Å². The Morgan fingerprint density at radius 3 is 2.42 bits per heavy atom. The third-order valence-corrected chi connectivity index (χ3v) is 3.73. The van der Waals surface area contributed by atoms with E-state index >= 15 is 0 Å². The summed E-state index contributed by atoms with van der Waals surface area (Å²) in [5.41, 5.74) is 2.87. The maximum Gasteiger partial charge on any atom is 0.254 e. The number of carbonyl (C=O) groups is 1. The molecule has 0 spiro atoms. The zero-order valence-corrected chi connectivity index (χ0v) is 12.9. The van der Waals surface area contributed by atoms with Crippen molar-refractivity contribution in [2.24, 2.45) is 5.92 Å². The Morgan fingerprint density at radius 2 is 1.95 bits per heavy atom. The lowest BCUT2D eigenvalue weighted by Crippen LogP contribution is -2.38. The second-order valence-corrected chi connectivity index (χ2v) is 5.46. The van der Waals surface area contributed by atoms with Crippen LogP contribution >= 0.6 is 0 Å². The Balaban J connectivity index is 2.94. The van der Waals surface area contributed by atoms with Crippen molar-refractivity contribution in [3.63, 3.8) is 0 Å². The maximum absolute atomic E-state index is 12.5. The van der Waals surface area contributed by atoms with Gasteiger partial charge in [0, 0.05) is 30.9 Å². The van der Waals surface area contributed by atoms with Gasteiger partial charge in [-0.25, -0.2) is 0 Å². The van der Waals surface area contributed by atoms with Crippen molar-refractivity contribution in [1.29, 1.82) is 0 Å². The van der Waals surface area contributed by atoms with Crippen molar-refractivity contribution < 1.29 is 4.79 Å². The van der Waals surface area contributed by atoms with Crippen LogP contribution in [0.3, 0.4) is 0 Å². The molecule has 0 radical (unpaired) electrons. The first kappa shape index (κ1) is 15.5. The monoisotopic (exact) mass is 262 g/mol. The summed E-state index contributed by atoms with van der Waals surface area (Å²) in [6, 6.07) is 6.15. The van der Waals surface area contributed by atoms with Crippen molar-refractivity contribution in [3.8, 4) is 0 Å². The topological polar surface area (TPSA) is 32.3 Å². The van der Waals surface area contributed by atoms with Crippen LogP contribution in [0.1, 0.15) is 43.6 Å². The van der Waals surface area contributed by atoms with Gasteiger partial charge in [0.05, 0.1) is 0 Å². The number of benzene rings is 1. The second-order valence-electron chi connectivity index (χ2n) is 5.46. The average molecular weight is 262 g/mol. The fourth-order valence-corrected chi connectivity index (χ4v) is 2.04. The van der Waals surface area contributed by atoms with E-state index in [2.05, 4.69) is 33.0 Å². The molecule has 0 bridgehead atoms. The summed E-state index contributed by atoms with van der Waals surface area (Å²) in [4.78, 5) is 14.3. The lowest BCUT2D eigenvalue weighted by atomic mass is 10.0. The van der Waals surface area contributed by atoms with Crippen molar-refractivity contribution in [2.75, 3.05) is 18.9 Å². The molecule has 1 rings (SSSR count). The number of rotatable bonds is 5. The van der Waals surface area contributed by atoms with E-state index in [0.717, 1.165) is 23.4 Å². The highest BCUT2D eigenvalue weighted by atomic mass is 16.2. The highest BCUT2D eigenvalue weighted by Gasteiger charge is 2.21. The molecule has 106 valence electrons. The van der Waals surface area contributed by atoms with Gasteiger partial charge >= 0.3 is 0 Å². The summed E-state index contributed by atoms with van der Waals surface area (Å²) >= 11 is 0. The summed E-state index contributed by atoms with van der Waals surface area (Å²) in [6.07, 6.45) is 0. The molecule has 0 heterocycles. The van der Waals surface area contributed by atoms with E-state index in [-0.39, 0.29) is 11.9 Å². The lowest BCUT2D eigenvalue weighted by molar-refractivity contribution is 0.0706. The molecule has 1 aromatic rings. The Bertz CT molecular complexity index is 440. The van der Waals surface area contributed by atoms with Crippen LogP contribution < -0.4 is 5.32 Å². The van der Waals surface area contributed by atoms with Crippen LogP contribution in [0, 0.1) is 12.8 Å². The smallest absolute Gasteiger partial charge is 0.254 e. The number of nitrogens with zero attached hydrogens (tertiary/aromatic N) is 1.